The first kappa shape index (κ1) is 27.0. The first-order chi connectivity index (χ1) is 18.8. The fraction of sp³-hybridized carbons (Fsp3) is 0.250. The highest BCUT2D eigenvalue weighted by atomic mass is 35.5. The fourth-order valence-corrected chi connectivity index (χ4v) is 5.56. The smallest absolute Gasteiger partial charge is 0.272 e. The van der Waals surface area contributed by atoms with Gasteiger partial charge in [0.25, 0.3) is 5.91 Å². The summed E-state index contributed by atoms with van der Waals surface area (Å²) in [6, 6.07) is 23.2. The van der Waals surface area contributed by atoms with Crippen molar-refractivity contribution in [3.05, 3.63) is 111 Å². The van der Waals surface area contributed by atoms with Crippen LogP contribution in [0, 0.1) is 0 Å². The van der Waals surface area contributed by atoms with Crippen LogP contribution >= 0.6 is 23.2 Å². The number of allylic oxidation sites excluding steroid dienone is 1. The third-order valence-corrected chi connectivity index (χ3v) is 7.68. The van der Waals surface area contributed by atoms with Gasteiger partial charge in [-0.3, -0.25) is 4.79 Å². The second-order valence-corrected chi connectivity index (χ2v) is 11.1. The predicted molar refractivity (Wildman–Crippen MR) is 159 cm³/mol. The molecule has 1 N–H and O–H groups in total. The summed E-state index contributed by atoms with van der Waals surface area (Å²) in [5, 5.41) is 9.14. The van der Waals surface area contributed by atoms with E-state index in [1.54, 1.807) is 19.2 Å². The van der Waals surface area contributed by atoms with E-state index in [0.29, 0.717) is 21.4 Å². The van der Waals surface area contributed by atoms with E-state index in [0.717, 1.165) is 59.4 Å². The largest absolute Gasteiger partial charge is 0.497 e. The van der Waals surface area contributed by atoms with Crippen molar-refractivity contribution in [2.24, 2.45) is 0 Å². The number of carbonyl (C=O) groups excluding carboxylic acids is 1. The highest BCUT2D eigenvalue weighted by Gasteiger charge is 2.31. The van der Waals surface area contributed by atoms with Crippen molar-refractivity contribution in [3.8, 4) is 11.4 Å². The third kappa shape index (κ3) is 5.75. The Hall–Kier alpha value is -3.54. The van der Waals surface area contributed by atoms with Gasteiger partial charge in [0.05, 0.1) is 29.1 Å². The summed E-state index contributed by atoms with van der Waals surface area (Å²) in [7, 11) is 1.66. The monoisotopic (exact) mass is 559 g/mol. The molecule has 3 aromatic carbocycles. The highest BCUT2D eigenvalue weighted by molar-refractivity contribution is 6.35. The number of carbonyl (C=O) groups is 1. The van der Waals surface area contributed by atoms with E-state index in [9.17, 15) is 4.79 Å². The van der Waals surface area contributed by atoms with Gasteiger partial charge in [-0.05, 0) is 92.6 Å². The molecular formula is C32H31Cl2N3O2. The van der Waals surface area contributed by atoms with Crippen LogP contribution in [0.25, 0.3) is 17.3 Å². The number of halogens is 2. The van der Waals surface area contributed by atoms with Gasteiger partial charge < -0.3 is 10.1 Å². The van der Waals surface area contributed by atoms with E-state index in [1.807, 2.05) is 79.2 Å². The quantitative estimate of drug-likeness (QED) is 0.242. The predicted octanol–water partition coefficient (Wildman–Crippen LogP) is 8.12. The summed E-state index contributed by atoms with van der Waals surface area (Å²) in [6.07, 6.45) is 5.72. The van der Waals surface area contributed by atoms with Crippen molar-refractivity contribution in [2.75, 3.05) is 7.11 Å². The zero-order valence-corrected chi connectivity index (χ0v) is 23.8. The Morgan fingerprint density at radius 2 is 1.72 bits per heavy atom. The Labute approximate surface area is 239 Å². The summed E-state index contributed by atoms with van der Waals surface area (Å²) in [4.78, 5) is 13.9. The number of hydrogen-bond donors (Lipinski definition) is 1. The van der Waals surface area contributed by atoms with Crippen molar-refractivity contribution >= 4 is 40.8 Å². The lowest BCUT2D eigenvalue weighted by atomic mass is 9.94. The van der Waals surface area contributed by atoms with Gasteiger partial charge in [-0.1, -0.05) is 65.7 Å². The maximum Gasteiger partial charge on any atom is 0.272 e. The summed E-state index contributed by atoms with van der Waals surface area (Å²) in [5.74, 6) is 0.589. The number of methoxy groups -OCH3 is 1. The number of hydrogen-bond acceptors (Lipinski definition) is 3. The summed E-state index contributed by atoms with van der Waals surface area (Å²) >= 11 is 12.9. The van der Waals surface area contributed by atoms with Crippen molar-refractivity contribution in [2.45, 2.75) is 45.1 Å². The summed E-state index contributed by atoms with van der Waals surface area (Å²) < 4.78 is 7.15. The topological polar surface area (TPSA) is 56.1 Å². The second-order valence-electron chi connectivity index (χ2n) is 10.3. The zero-order chi connectivity index (χ0) is 27.6. The number of amides is 1. The number of rotatable bonds is 6. The summed E-state index contributed by atoms with van der Waals surface area (Å²) in [5.41, 5.74) is 5.53. The van der Waals surface area contributed by atoms with Crippen LogP contribution in [-0.2, 0) is 12.0 Å². The molecule has 1 aliphatic carbocycles. The van der Waals surface area contributed by atoms with Gasteiger partial charge in [0.1, 0.15) is 5.75 Å². The van der Waals surface area contributed by atoms with Crippen LogP contribution in [0.2, 0.25) is 10.0 Å². The standard InChI is InChI=1S/C32H31Cl2N3O2/c1-32(2,23-10-5-4-6-11-23)35-31(38)29-26-12-8-7-9-22(19-21-13-16-25(39-3)17-14-21)30(26)37(36-29)28-18-15-24(33)20-27(28)34/h4-6,10-11,13-20H,7-9,12H2,1-3H3,(H,35,38)/b22-19+. The van der Waals surface area contributed by atoms with Crippen molar-refractivity contribution in [1.82, 2.24) is 15.1 Å². The molecule has 1 amide bonds. The zero-order valence-electron chi connectivity index (χ0n) is 22.3. The van der Waals surface area contributed by atoms with Crippen LogP contribution in [0.15, 0.2) is 72.8 Å². The number of benzene rings is 3. The first-order valence-electron chi connectivity index (χ1n) is 13.1. The average Bonchev–Trinajstić information content (AvgIpc) is 3.18. The lowest BCUT2D eigenvalue weighted by Gasteiger charge is -2.26. The van der Waals surface area contributed by atoms with Crippen molar-refractivity contribution < 1.29 is 9.53 Å². The Balaban J connectivity index is 1.65. The molecule has 1 aliphatic rings. The Morgan fingerprint density at radius 1 is 1.00 bits per heavy atom. The molecule has 39 heavy (non-hydrogen) atoms. The van der Waals surface area contributed by atoms with Gasteiger partial charge in [0, 0.05) is 10.6 Å². The molecule has 0 fully saturated rings. The van der Waals surface area contributed by atoms with E-state index in [2.05, 4.69) is 11.4 Å². The van der Waals surface area contributed by atoms with Gasteiger partial charge in [-0.15, -0.1) is 0 Å². The van der Waals surface area contributed by atoms with Crippen LogP contribution in [0.3, 0.4) is 0 Å². The molecule has 0 aliphatic heterocycles. The van der Waals surface area contributed by atoms with Crippen LogP contribution in [0.4, 0.5) is 0 Å². The number of fused-ring (bicyclic) bond motifs is 1. The van der Waals surface area contributed by atoms with E-state index in [4.69, 9.17) is 33.0 Å². The Kier molecular flexibility index (Phi) is 7.83. The molecule has 0 saturated carbocycles. The molecule has 0 unspecified atom stereocenters. The molecule has 1 aromatic heterocycles. The average molecular weight is 561 g/mol. The molecule has 0 atom stereocenters. The molecule has 5 rings (SSSR count). The number of ether oxygens (including phenoxy) is 1. The molecule has 0 saturated heterocycles. The Morgan fingerprint density at radius 3 is 2.41 bits per heavy atom. The molecular weight excluding hydrogens is 529 g/mol. The number of nitrogens with one attached hydrogen (secondary N) is 1. The van der Waals surface area contributed by atoms with E-state index >= 15 is 0 Å². The molecule has 0 radical (unpaired) electrons. The van der Waals surface area contributed by atoms with Gasteiger partial charge in [0.2, 0.25) is 0 Å². The van der Waals surface area contributed by atoms with E-state index in [-0.39, 0.29) is 5.91 Å². The maximum atomic E-state index is 13.9. The van der Waals surface area contributed by atoms with E-state index < -0.39 is 5.54 Å². The van der Waals surface area contributed by atoms with Gasteiger partial charge in [-0.25, -0.2) is 4.68 Å². The van der Waals surface area contributed by atoms with Gasteiger partial charge >= 0.3 is 0 Å². The molecule has 7 heteroatoms. The number of aromatic nitrogens is 2. The van der Waals surface area contributed by atoms with E-state index in [1.165, 1.54) is 0 Å². The van der Waals surface area contributed by atoms with Crippen LogP contribution < -0.4 is 10.1 Å². The molecule has 0 bridgehead atoms. The van der Waals surface area contributed by atoms with Gasteiger partial charge in [-0.2, -0.15) is 5.10 Å². The minimum Gasteiger partial charge on any atom is -0.497 e. The third-order valence-electron chi connectivity index (χ3n) is 7.14. The normalized spacial score (nSPS) is 14.5. The van der Waals surface area contributed by atoms with Crippen LogP contribution in [0.5, 0.6) is 5.75 Å². The lowest BCUT2D eigenvalue weighted by Crippen LogP contribution is -2.41. The van der Waals surface area contributed by atoms with Crippen molar-refractivity contribution in [1.29, 1.82) is 0 Å². The number of nitrogens with zero attached hydrogens (tertiary/aromatic N) is 2. The van der Waals surface area contributed by atoms with Gasteiger partial charge in [0.15, 0.2) is 5.69 Å². The second kappa shape index (κ2) is 11.3. The molecule has 0 spiro atoms. The van der Waals surface area contributed by atoms with Crippen LogP contribution in [-0.4, -0.2) is 22.8 Å². The minimum absolute atomic E-state index is 0.213. The summed E-state index contributed by atoms with van der Waals surface area (Å²) in [6.45, 7) is 4.00. The maximum absolute atomic E-state index is 13.9. The SMILES string of the molecule is COc1ccc(/C=C2\CCCCc3c(C(=O)NC(C)(C)c4ccccc4)nn(-c4ccc(Cl)cc4Cl)c32)cc1. The lowest BCUT2D eigenvalue weighted by molar-refractivity contribution is 0.0905. The van der Waals surface area contributed by atoms with Crippen molar-refractivity contribution in [3.63, 3.8) is 0 Å². The molecule has 1 heterocycles. The van der Waals surface area contributed by atoms with Crippen LogP contribution in [0.1, 0.15) is 66.0 Å². The minimum atomic E-state index is -0.584. The Bertz CT molecular complexity index is 1520. The molecule has 4 aromatic rings. The fourth-order valence-electron chi connectivity index (χ4n) is 5.07. The first-order valence-corrected chi connectivity index (χ1v) is 13.8. The molecule has 5 nitrogen and oxygen atoms in total. The highest BCUT2D eigenvalue weighted by Crippen LogP contribution is 2.37. The molecule has 200 valence electrons.